The number of methoxy groups -OCH3 is 1. The fourth-order valence-corrected chi connectivity index (χ4v) is 3.51. The summed E-state index contributed by atoms with van der Waals surface area (Å²) in [6, 6.07) is 4.22. The third-order valence-corrected chi connectivity index (χ3v) is 4.76. The van der Waals surface area contributed by atoms with Crippen LogP contribution in [0.4, 0.5) is 4.79 Å². The lowest BCUT2D eigenvalue weighted by molar-refractivity contribution is 0.145. The van der Waals surface area contributed by atoms with Crippen LogP contribution in [0.25, 0.3) is 0 Å². The van der Waals surface area contributed by atoms with E-state index in [2.05, 4.69) is 27.5 Å². The third kappa shape index (κ3) is 5.44. The highest BCUT2D eigenvalue weighted by Gasteiger charge is 2.16. The van der Waals surface area contributed by atoms with Crippen molar-refractivity contribution in [2.24, 2.45) is 0 Å². The van der Waals surface area contributed by atoms with Crippen LogP contribution in [0.5, 0.6) is 0 Å². The molecule has 1 N–H and O–H groups in total. The fraction of sp³-hybridized carbons (Fsp3) is 0.438. The van der Waals surface area contributed by atoms with Crippen molar-refractivity contribution >= 4 is 28.7 Å². The molecule has 4 nitrogen and oxygen atoms in total. The first-order valence-corrected chi connectivity index (χ1v) is 9.14. The number of nitrogens with one attached hydrogen (secondary N) is 1. The van der Waals surface area contributed by atoms with Crippen LogP contribution in [-0.4, -0.2) is 37.2 Å². The van der Waals surface area contributed by atoms with E-state index in [0.717, 1.165) is 12.0 Å². The zero-order valence-corrected chi connectivity index (χ0v) is 14.6. The van der Waals surface area contributed by atoms with E-state index in [4.69, 9.17) is 4.74 Å². The van der Waals surface area contributed by atoms with Gasteiger partial charge in [0.15, 0.2) is 0 Å². The van der Waals surface area contributed by atoms with Gasteiger partial charge in [-0.05, 0) is 58.1 Å². The molecule has 22 heavy (non-hydrogen) atoms. The Bertz CT molecular complexity index is 541. The van der Waals surface area contributed by atoms with Gasteiger partial charge in [-0.1, -0.05) is 0 Å². The molecule has 0 radical (unpaired) electrons. The topological polar surface area (TPSA) is 41.6 Å². The molecule has 0 aromatic carbocycles. The molecule has 6 heteroatoms. The van der Waals surface area contributed by atoms with E-state index in [1.807, 2.05) is 18.4 Å². The van der Waals surface area contributed by atoms with Gasteiger partial charge in [-0.2, -0.15) is 22.7 Å². The van der Waals surface area contributed by atoms with Crippen LogP contribution in [-0.2, 0) is 17.7 Å². The highest BCUT2D eigenvalue weighted by molar-refractivity contribution is 7.08. The molecule has 0 unspecified atom stereocenters. The molecule has 2 heterocycles. The number of hydrogen-bond acceptors (Lipinski definition) is 4. The molecule has 0 saturated heterocycles. The van der Waals surface area contributed by atoms with Gasteiger partial charge in [0.25, 0.3) is 0 Å². The number of amides is 2. The van der Waals surface area contributed by atoms with Crippen LogP contribution in [0.3, 0.4) is 0 Å². The first-order valence-electron chi connectivity index (χ1n) is 7.25. The average Bonchev–Trinajstić information content (AvgIpc) is 3.16. The Morgan fingerprint density at radius 3 is 2.55 bits per heavy atom. The van der Waals surface area contributed by atoms with Gasteiger partial charge in [0, 0.05) is 26.2 Å². The molecule has 2 aromatic rings. The van der Waals surface area contributed by atoms with E-state index < -0.39 is 0 Å². The molecule has 2 aromatic heterocycles. The van der Waals surface area contributed by atoms with Crippen LogP contribution in [0, 0.1) is 0 Å². The monoisotopic (exact) mass is 338 g/mol. The van der Waals surface area contributed by atoms with E-state index in [-0.39, 0.29) is 12.1 Å². The van der Waals surface area contributed by atoms with E-state index in [9.17, 15) is 4.79 Å². The summed E-state index contributed by atoms with van der Waals surface area (Å²) in [4.78, 5) is 14.3. The second kappa shape index (κ2) is 8.92. The molecule has 0 spiro atoms. The van der Waals surface area contributed by atoms with Gasteiger partial charge in [-0.25, -0.2) is 4.79 Å². The zero-order valence-electron chi connectivity index (χ0n) is 13.0. The summed E-state index contributed by atoms with van der Waals surface area (Å²) in [5.41, 5.74) is 2.42. The maximum absolute atomic E-state index is 12.5. The Morgan fingerprint density at radius 1 is 1.27 bits per heavy atom. The summed E-state index contributed by atoms with van der Waals surface area (Å²) < 4.78 is 5.11. The first-order chi connectivity index (χ1) is 10.7. The van der Waals surface area contributed by atoms with Crippen molar-refractivity contribution in [3.8, 4) is 0 Å². The summed E-state index contributed by atoms with van der Waals surface area (Å²) in [5.74, 6) is 0. The van der Waals surface area contributed by atoms with E-state index >= 15 is 0 Å². The number of carbonyl (C=O) groups excluding carboxylic acids is 1. The quantitative estimate of drug-likeness (QED) is 0.799. The smallest absolute Gasteiger partial charge is 0.317 e. The summed E-state index contributed by atoms with van der Waals surface area (Å²) >= 11 is 3.33. The highest BCUT2D eigenvalue weighted by atomic mass is 32.1. The Kier molecular flexibility index (Phi) is 6.89. The Balaban J connectivity index is 1.89. The maximum Gasteiger partial charge on any atom is 0.317 e. The van der Waals surface area contributed by atoms with Gasteiger partial charge in [-0.3, -0.25) is 0 Å². The lowest BCUT2D eigenvalue weighted by Crippen LogP contribution is -2.45. The summed E-state index contributed by atoms with van der Waals surface area (Å²) in [7, 11) is 1.65. The molecule has 2 amide bonds. The number of carbonyl (C=O) groups is 1. The molecule has 0 aliphatic carbocycles. The Labute approximate surface area is 139 Å². The molecule has 0 fully saturated rings. The summed E-state index contributed by atoms with van der Waals surface area (Å²) in [6.45, 7) is 3.78. The molecule has 0 aliphatic rings. The first kappa shape index (κ1) is 17.0. The maximum atomic E-state index is 12.5. The van der Waals surface area contributed by atoms with Crippen molar-refractivity contribution in [1.29, 1.82) is 0 Å². The molecular formula is C16H22N2O2S2. The van der Waals surface area contributed by atoms with Crippen LogP contribution in [0.15, 0.2) is 33.7 Å². The van der Waals surface area contributed by atoms with Crippen molar-refractivity contribution < 1.29 is 9.53 Å². The lowest BCUT2D eigenvalue weighted by atomic mass is 10.1. The van der Waals surface area contributed by atoms with Gasteiger partial charge in [0.2, 0.25) is 0 Å². The lowest BCUT2D eigenvalue weighted by Gasteiger charge is -2.24. The molecule has 0 aliphatic heterocycles. The van der Waals surface area contributed by atoms with Gasteiger partial charge >= 0.3 is 6.03 Å². The number of hydrogen-bond donors (Lipinski definition) is 1. The second-order valence-corrected chi connectivity index (χ2v) is 6.79. The van der Waals surface area contributed by atoms with Crippen LogP contribution >= 0.6 is 22.7 Å². The normalized spacial score (nSPS) is 12.1. The number of rotatable bonds is 8. The average molecular weight is 338 g/mol. The zero-order chi connectivity index (χ0) is 15.8. The molecule has 2 rings (SSSR count). The van der Waals surface area contributed by atoms with Gasteiger partial charge in [0.1, 0.15) is 0 Å². The van der Waals surface area contributed by atoms with Gasteiger partial charge in [0.05, 0.1) is 6.61 Å². The minimum atomic E-state index is -0.0361. The Hall–Kier alpha value is -1.37. The highest BCUT2D eigenvalue weighted by Crippen LogP contribution is 2.11. The van der Waals surface area contributed by atoms with Crippen molar-refractivity contribution in [1.82, 2.24) is 10.2 Å². The van der Waals surface area contributed by atoms with Crippen LogP contribution < -0.4 is 5.32 Å². The minimum absolute atomic E-state index is 0.0361. The van der Waals surface area contributed by atoms with Crippen molar-refractivity contribution in [3.63, 3.8) is 0 Å². The fourth-order valence-electron chi connectivity index (χ4n) is 2.17. The largest absolute Gasteiger partial charge is 0.383 e. The van der Waals surface area contributed by atoms with Crippen LogP contribution in [0.2, 0.25) is 0 Å². The number of urea groups is 1. The Morgan fingerprint density at radius 2 is 1.95 bits per heavy atom. The molecule has 120 valence electrons. The van der Waals surface area contributed by atoms with E-state index in [1.165, 1.54) is 5.56 Å². The predicted molar refractivity (Wildman–Crippen MR) is 92.6 cm³/mol. The van der Waals surface area contributed by atoms with Crippen LogP contribution in [0.1, 0.15) is 18.1 Å². The molecule has 1 atom stereocenters. The van der Waals surface area contributed by atoms with Crippen molar-refractivity contribution in [3.05, 3.63) is 44.8 Å². The number of thiophene rings is 2. The second-order valence-electron chi connectivity index (χ2n) is 5.23. The molecule has 0 saturated carbocycles. The minimum Gasteiger partial charge on any atom is -0.383 e. The van der Waals surface area contributed by atoms with Gasteiger partial charge in [-0.15, -0.1) is 0 Å². The van der Waals surface area contributed by atoms with Crippen molar-refractivity contribution in [2.75, 3.05) is 20.3 Å². The summed E-state index contributed by atoms with van der Waals surface area (Å²) in [6.07, 6.45) is 0.853. The summed E-state index contributed by atoms with van der Waals surface area (Å²) in [5, 5.41) is 11.4. The number of nitrogens with zero attached hydrogens (tertiary/aromatic N) is 1. The standard InChI is InChI=1S/C16H22N2O2S2/c1-13(9-14-3-7-21-11-14)17-16(19)18(5-6-20-2)10-15-4-8-22-12-15/h3-4,7-8,11-13H,5-6,9-10H2,1-2H3,(H,17,19)/t13-/m1/s1. The van der Waals surface area contributed by atoms with Gasteiger partial charge < -0.3 is 15.0 Å². The SMILES string of the molecule is COCCN(Cc1ccsc1)C(=O)N[C@H](C)Cc1ccsc1. The van der Waals surface area contributed by atoms with E-state index in [0.29, 0.717) is 19.7 Å². The van der Waals surface area contributed by atoms with E-state index in [1.54, 1.807) is 34.7 Å². The molecule has 0 bridgehead atoms. The van der Waals surface area contributed by atoms with Crippen molar-refractivity contribution in [2.45, 2.75) is 25.9 Å². The predicted octanol–water partition coefficient (Wildman–Crippen LogP) is 3.60. The molecular weight excluding hydrogens is 316 g/mol. The number of ether oxygens (including phenoxy) is 1. The third-order valence-electron chi connectivity index (χ3n) is 3.30.